The van der Waals surface area contributed by atoms with E-state index in [2.05, 4.69) is 25.5 Å². The Morgan fingerprint density at radius 3 is 2.75 bits per heavy atom. The topological polar surface area (TPSA) is 75.1 Å². The number of hydrogen-bond acceptors (Lipinski definition) is 4. The molecule has 1 aromatic carbocycles. The summed E-state index contributed by atoms with van der Waals surface area (Å²) in [5.41, 5.74) is 3.72. The number of hydrogen-bond donors (Lipinski definition) is 2. The van der Waals surface area contributed by atoms with Crippen LogP contribution in [0.5, 0.6) is 0 Å². The van der Waals surface area contributed by atoms with Gasteiger partial charge in [0, 0.05) is 42.9 Å². The summed E-state index contributed by atoms with van der Waals surface area (Å²) < 4.78 is 2.02. The molecular formula is C27H25ClN6OS. The summed E-state index contributed by atoms with van der Waals surface area (Å²) in [6, 6.07) is 20.9. The molecule has 2 N–H and O–H groups in total. The number of rotatable bonds is 7. The largest absolute Gasteiger partial charge is 0.352 e. The second kappa shape index (κ2) is 10.5. The van der Waals surface area contributed by atoms with E-state index in [9.17, 15) is 4.79 Å². The smallest absolute Gasteiger partial charge is 0.226 e. The Morgan fingerprint density at radius 2 is 2.00 bits per heavy atom. The van der Waals surface area contributed by atoms with Crippen molar-refractivity contribution in [2.75, 3.05) is 11.9 Å². The van der Waals surface area contributed by atoms with Gasteiger partial charge in [-0.15, -0.1) is 0 Å². The fourth-order valence-electron chi connectivity index (χ4n) is 4.49. The Bertz CT molecular complexity index is 1370. The maximum atomic E-state index is 12.8. The molecule has 0 aliphatic carbocycles. The Hall–Kier alpha value is -3.75. The average Bonchev–Trinajstić information content (AvgIpc) is 3.48. The van der Waals surface area contributed by atoms with Crippen LogP contribution in [0, 0.1) is 6.92 Å². The minimum Gasteiger partial charge on any atom is -0.352 e. The van der Waals surface area contributed by atoms with Gasteiger partial charge in [-0.25, -0.2) is 4.98 Å². The van der Waals surface area contributed by atoms with Crippen LogP contribution in [0.1, 0.15) is 35.5 Å². The molecule has 3 aromatic heterocycles. The first-order valence-electron chi connectivity index (χ1n) is 11.6. The second-order valence-corrected chi connectivity index (χ2v) is 9.45. The summed E-state index contributed by atoms with van der Waals surface area (Å²) in [5, 5.41) is 7.58. The highest BCUT2D eigenvalue weighted by Crippen LogP contribution is 2.39. The molecule has 182 valence electrons. The number of benzene rings is 1. The molecule has 36 heavy (non-hydrogen) atoms. The molecule has 1 amide bonds. The number of anilines is 1. The van der Waals surface area contributed by atoms with Gasteiger partial charge >= 0.3 is 0 Å². The normalized spacial score (nSPS) is 17.2. The van der Waals surface area contributed by atoms with Gasteiger partial charge in [-0.3, -0.25) is 9.78 Å². The average molecular weight is 517 g/mol. The number of nitrogens with zero attached hydrogens (tertiary/aromatic N) is 4. The van der Waals surface area contributed by atoms with Crippen LogP contribution in [0.3, 0.4) is 0 Å². The lowest BCUT2D eigenvalue weighted by Gasteiger charge is -2.28. The lowest BCUT2D eigenvalue weighted by atomic mass is 10.0. The molecular weight excluding hydrogens is 492 g/mol. The molecule has 0 unspecified atom stereocenters. The summed E-state index contributed by atoms with van der Waals surface area (Å²) in [6.45, 7) is 2.44. The van der Waals surface area contributed by atoms with Gasteiger partial charge in [0.2, 0.25) is 5.91 Å². The van der Waals surface area contributed by atoms with Gasteiger partial charge < -0.3 is 20.1 Å². The first-order valence-corrected chi connectivity index (χ1v) is 12.4. The monoisotopic (exact) mass is 516 g/mol. The maximum absolute atomic E-state index is 12.8. The fraction of sp³-hybridized carbons (Fsp3) is 0.185. The predicted molar refractivity (Wildman–Crippen MR) is 145 cm³/mol. The molecule has 1 saturated heterocycles. The molecule has 9 heteroatoms. The molecule has 5 rings (SSSR count). The first kappa shape index (κ1) is 24.0. The number of aryl methyl sites for hydroxylation is 1. The second-order valence-electron chi connectivity index (χ2n) is 8.63. The number of amides is 1. The summed E-state index contributed by atoms with van der Waals surface area (Å²) in [5.74, 6) is 0.673. The molecule has 4 heterocycles. The van der Waals surface area contributed by atoms with Crippen molar-refractivity contribution in [2.24, 2.45) is 0 Å². The molecule has 0 bridgehead atoms. The van der Waals surface area contributed by atoms with Crippen LogP contribution in [0.25, 0.3) is 5.82 Å². The number of aromatic nitrogens is 3. The van der Waals surface area contributed by atoms with Gasteiger partial charge in [0.1, 0.15) is 5.82 Å². The zero-order chi connectivity index (χ0) is 25.1. The van der Waals surface area contributed by atoms with E-state index in [1.54, 1.807) is 12.4 Å². The highest BCUT2D eigenvalue weighted by atomic mass is 35.5. The Labute approximate surface area is 220 Å². The first-order chi connectivity index (χ1) is 17.5. The van der Waals surface area contributed by atoms with Crippen molar-refractivity contribution in [1.29, 1.82) is 0 Å². The van der Waals surface area contributed by atoms with Crippen molar-refractivity contribution < 1.29 is 4.79 Å². The molecule has 0 saturated carbocycles. The Kier molecular flexibility index (Phi) is 6.97. The van der Waals surface area contributed by atoms with Crippen molar-refractivity contribution in [3.63, 3.8) is 0 Å². The van der Waals surface area contributed by atoms with Crippen LogP contribution in [0.4, 0.5) is 5.69 Å². The summed E-state index contributed by atoms with van der Waals surface area (Å²) in [4.78, 5) is 24.0. The quantitative estimate of drug-likeness (QED) is 0.328. The van der Waals surface area contributed by atoms with E-state index in [4.69, 9.17) is 23.8 Å². The SMILES string of the molecule is Cc1cccc(NC(=O)CCN2C(=S)N[C@@H](c3ccccn3)[C@@H]2c2cccn2-c2ccc(Cl)cn2)c1. The minimum atomic E-state index is -0.202. The van der Waals surface area contributed by atoms with E-state index in [-0.39, 0.29) is 24.4 Å². The van der Waals surface area contributed by atoms with Crippen molar-refractivity contribution in [3.8, 4) is 5.82 Å². The van der Waals surface area contributed by atoms with Gasteiger partial charge in [-0.2, -0.15) is 0 Å². The molecule has 4 aromatic rings. The molecule has 7 nitrogen and oxygen atoms in total. The number of nitrogens with one attached hydrogen (secondary N) is 2. The van der Waals surface area contributed by atoms with Crippen molar-refractivity contribution >= 4 is 40.5 Å². The molecule has 2 atom stereocenters. The molecule has 1 fully saturated rings. The fourth-order valence-corrected chi connectivity index (χ4v) is 4.93. The number of halogens is 1. The van der Waals surface area contributed by atoms with Crippen LogP contribution in [-0.4, -0.2) is 37.0 Å². The number of thiocarbonyl (C=S) groups is 1. The van der Waals surface area contributed by atoms with Gasteiger partial charge in [-0.05, 0) is 73.2 Å². The lowest BCUT2D eigenvalue weighted by molar-refractivity contribution is -0.116. The van der Waals surface area contributed by atoms with Crippen LogP contribution in [0.2, 0.25) is 5.02 Å². The zero-order valence-corrected chi connectivity index (χ0v) is 21.2. The molecule has 0 spiro atoms. The maximum Gasteiger partial charge on any atom is 0.226 e. The standard InChI is InChI=1S/C27H25ClN6OS/c1-18-6-4-7-20(16-18)31-24(35)12-15-34-26(25(32-27(34)36)21-8-2-3-13-29-21)22-9-5-14-33(22)23-11-10-19(28)17-30-23/h2-11,13-14,16-17,25-26H,12,15H2,1H3,(H,31,35)(H,32,36)/t25-,26-/m0/s1. The van der Waals surface area contributed by atoms with E-state index >= 15 is 0 Å². The van der Waals surface area contributed by atoms with Crippen LogP contribution >= 0.6 is 23.8 Å². The predicted octanol–water partition coefficient (Wildman–Crippen LogP) is 5.23. The number of carbonyl (C=O) groups is 1. The zero-order valence-electron chi connectivity index (χ0n) is 19.6. The Balaban J connectivity index is 1.44. The van der Waals surface area contributed by atoms with Crippen molar-refractivity contribution in [1.82, 2.24) is 24.8 Å². The van der Waals surface area contributed by atoms with E-state index in [1.807, 2.05) is 84.4 Å². The summed E-state index contributed by atoms with van der Waals surface area (Å²) in [7, 11) is 0. The van der Waals surface area contributed by atoms with Crippen molar-refractivity contribution in [2.45, 2.75) is 25.4 Å². The summed E-state index contributed by atoms with van der Waals surface area (Å²) >= 11 is 11.8. The van der Waals surface area contributed by atoms with Gasteiger partial charge in [-0.1, -0.05) is 29.8 Å². The summed E-state index contributed by atoms with van der Waals surface area (Å²) in [6.07, 6.45) is 5.64. The molecule has 1 aliphatic rings. The number of carbonyl (C=O) groups excluding carboxylic acids is 1. The number of pyridine rings is 2. The van der Waals surface area contributed by atoms with Gasteiger partial charge in [0.05, 0.1) is 22.8 Å². The van der Waals surface area contributed by atoms with Crippen molar-refractivity contribution in [3.05, 3.63) is 107 Å². The van der Waals surface area contributed by atoms with Gasteiger partial charge in [0.25, 0.3) is 0 Å². The van der Waals surface area contributed by atoms with Gasteiger partial charge in [0.15, 0.2) is 5.11 Å². The highest BCUT2D eigenvalue weighted by Gasteiger charge is 2.41. The van der Waals surface area contributed by atoms with E-state index in [1.165, 1.54) is 0 Å². The third kappa shape index (κ3) is 5.10. The molecule has 1 aliphatic heterocycles. The highest BCUT2D eigenvalue weighted by molar-refractivity contribution is 7.80. The van der Waals surface area contributed by atoms with Crippen LogP contribution in [-0.2, 0) is 4.79 Å². The minimum absolute atomic E-state index is 0.0711. The van der Waals surface area contributed by atoms with Crippen LogP contribution in [0.15, 0.2) is 85.3 Å². The van der Waals surface area contributed by atoms with Crippen LogP contribution < -0.4 is 10.6 Å². The van der Waals surface area contributed by atoms with E-state index in [0.717, 1.165) is 28.5 Å². The molecule has 0 radical (unpaired) electrons. The third-order valence-electron chi connectivity index (χ3n) is 6.12. The van der Waals surface area contributed by atoms with E-state index in [0.29, 0.717) is 16.7 Å². The third-order valence-corrected chi connectivity index (χ3v) is 6.70. The van der Waals surface area contributed by atoms with E-state index < -0.39 is 0 Å². The Morgan fingerprint density at radius 1 is 1.11 bits per heavy atom. The lowest BCUT2D eigenvalue weighted by Crippen LogP contribution is -2.33.